The summed E-state index contributed by atoms with van der Waals surface area (Å²) in [7, 11) is 0. The summed E-state index contributed by atoms with van der Waals surface area (Å²) in [6.45, 7) is 4.67. The van der Waals surface area contributed by atoms with Gasteiger partial charge in [-0.2, -0.15) is 0 Å². The van der Waals surface area contributed by atoms with Crippen LogP contribution in [0.4, 0.5) is 17.1 Å². The van der Waals surface area contributed by atoms with Crippen LogP contribution < -0.4 is 4.90 Å². The highest BCUT2D eigenvalue weighted by Crippen LogP contribution is 2.53. The van der Waals surface area contributed by atoms with Gasteiger partial charge in [0.1, 0.15) is 0 Å². The van der Waals surface area contributed by atoms with Gasteiger partial charge in [-0.15, -0.1) is 0 Å². The molecule has 0 spiro atoms. The Kier molecular flexibility index (Phi) is 5.16. The second-order valence-electron chi connectivity index (χ2n) is 10.5. The summed E-state index contributed by atoms with van der Waals surface area (Å²) in [5.41, 5.74) is 10.7. The molecule has 1 heterocycles. The number of anilines is 3. The first kappa shape index (κ1) is 22.5. The normalized spacial score (nSPS) is 13.2. The number of hydrogen-bond donors (Lipinski definition) is 0. The van der Waals surface area contributed by atoms with Gasteiger partial charge in [-0.05, 0) is 75.5 Å². The molecule has 0 saturated carbocycles. The van der Waals surface area contributed by atoms with Crippen molar-refractivity contribution in [3.63, 3.8) is 0 Å². The number of pyridine rings is 1. The molecule has 6 aromatic rings. The van der Waals surface area contributed by atoms with Crippen molar-refractivity contribution in [2.24, 2.45) is 0 Å². The van der Waals surface area contributed by atoms with Gasteiger partial charge in [0.15, 0.2) is 0 Å². The molecule has 38 heavy (non-hydrogen) atoms. The maximum absolute atomic E-state index is 5.01. The average molecular weight is 489 g/mol. The first-order valence-corrected chi connectivity index (χ1v) is 13.2. The molecular formula is C36H28N2. The molecule has 0 N–H and O–H groups in total. The Bertz CT molecular complexity index is 1750. The van der Waals surface area contributed by atoms with Crippen molar-refractivity contribution in [1.29, 1.82) is 0 Å². The Morgan fingerprint density at radius 2 is 1.26 bits per heavy atom. The van der Waals surface area contributed by atoms with Crippen LogP contribution in [0.2, 0.25) is 0 Å². The highest BCUT2D eigenvalue weighted by atomic mass is 15.1. The lowest BCUT2D eigenvalue weighted by Crippen LogP contribution is -2.17. The molecule has 1 aliphatic carbocycles. The third-order valence-electron chi connectivity index (χ3n) is 7.85. The lowest BCUT2D eigenvalue weighted by atomic mass is 9.80. The predicted octanol–water partition coefficient (Wildman–Crippen LogP) is 9.68. The zero-order valence-corrected chi connectivity index (χ0v) is 21.6. The van der Waals surface area contributed by atoms with Gasteiger partial charge in [-0.25, -0.2) is 0 Å². The average Bonchev–Trinajstić information content (AvgIpc) is 3.21. The molecule has 0 unspecified atom stereocenters. The van der Waals surface area contributed by atoms with Gasteiger partial charge < -0.3 is 4.90 Å². The molecule has 182 valence electrons. The largest absolute Gasteiger partial charge is 0.310 e. The van der Waals surface area contributed by atoms with Gasteiger partial charge in [0.2, 0.25) is 0 Å². The molecule has 0 bridgehead atoms. The molecule has 1 aliphatic rings. The number of nitrogens with zero attached hydrogens (tertiary/aromatic N) is 2. The maximum atomic E-state index is 5.01. The van der Waals surface area contributed by atoms with Crippen LogP contribution in [0.5, 0.6) is 0 Å². The lowest BCUT2D eigenvalue weighted by molar-refractivity contribution is 0.660. The van der Waals surface area contributed by atoms with Crippen molar-refractivity contribution >= 4 is 27.8 Å². The van der Waals surface area contributed by atoms with Crippen LogP contribution in [-0.2, 0) is 5.41 Å². The van der Waals surface area contributed by atoms with Crippen LogP contribution >= 0.6 is 0 Å². The summed E-state index contributed by atoms with van der Waals surface area (Å²) in [6.07, 6.45) is 1.97. The van der Waals surface area contributed by atoms with Crippen LogP contribution in [0.15, 0.2) is 134 Å². The molecule has 7 rings (SSSR count). The van der Waals surface area contributed by atoms with E-state index in [2.05, 4.69) is 146 Å². The number of hydrogen-bond acceptors (Lipinski definition) is 2. The molecule has 2 heteroatoms. The van der Waals surface area contributed by atoms with E-state index in [4.69, 9.17) is 4.98 Å². The Morgan fingerprint density at radius 3 is 2.00 bits per heavy atom. The number of aromatic nitrogens is 1. The quantitative estimate of drug-likeness (QED) is 0.245. The summed E-state index contributed by atoms with van der Waals surface area (Å²) in [4.78, 5) is 7.31. The summed E-state index contributed by atoms with van der Waals surface area (Å²) in [5, 5.41) is 2.58. The molecule has 0 amide bonds. The molecule has 0 atom stereocenters. The van der Waals surface area contributed by atoms with Crippen LogP contribution in [0.25, 0.3) is 33.2 Å². The zero-order valence-electron chi connectivity index (χ0n) is 21.6. The summed E-state index contributed by atoms with van der Waals surface area (Å²) in [6, 6.07) is 45.4. The second-order valence-corrected chi connectivity index (χ2v) is 10.5. The van der Waals surface area contributed by atoms with E-state index < -0.39 is 0 Å². The topological polar surface area (TPSA) is 16.1 Å². The second kappa shape index (κ2) is 8.71. The van der Waals surface area contributed by atoms with Gasteiger partial charge in [0.05, 0.1) is 5.69 Å². The van der Waals surface area contributed by atoms with E-state index in [0.717, 1.165) is 28.3 Å². The van der Waals surface area contributed by atoms with Gasteiger partial charge in [0, 0.05) is 34.2 Å². The molecule has 0 saturated heterocycles. The van der Waals surface area contributed by atoms with Crippen molar-refractivity contribution < 1.29 is 0 Å². The Hall–Kier alpha value is -4.69. The molecule has 0 fully saturated rings. The maximum Gasteiger partial charge on any atom is 0.0749 e. The van der Waals surface area contributed by atoms with Crippen LogP contribution in [0, 0.1) is 0 Å². The number of para-hydroxylation sites is 2. The fourth-order valence-electron chi connectivity index (χ4n) is 6.13. The number of fused-ring (bicyclic) bond motifs is 5. The molecule has 2 nitrogen and oxygen atoms in total. The minimum Gasteiger partial charge on any atom is -0.310 e. The number of rotatable bonds is 4. The van der Waals surface area contributed by atoms with Crippen molar-refractivity contribution in [3.8, 4) is 22.4 Å². The molecule has 0 aliphatic heterocycles. The van der Waals surface area contributed by atoms with Crippen molar-refractivity contribution in [2.45, 2.75) is 19.3 Å². The highest BCUT2D eigenvalue weighted by Gasteiger charge is 2.39. The minimum atomic E-state index is -0.160. The van der Waals surface area contributed by atoms with Crippen LogP contribution in [0.3, 0.4) is 0 Å². The van der Waals surface area contributed by atoms with Gasteiger partial charge in [-0.3, -0.25) is 4.98 Å². The van der Waals surface area contributed by atoms with Gasteiger partial charge in [0.25, 0.3) is 0 Å². The lowest BCUT2D eigenvalue weighted by Gasteiger charge is -2.27. The van der Waals surface area contributed by atoms with E-state index in [-0.39, 0.29) is 5.41 Å². The first-order chi connectivity index (χ1) is 18.6. The van der Waals surface area contributed by atoms with Gasteiger partial charge >= 0.3 is 0 Å². The predicted molar refractivity (Wildman–Crippen MR) is 159 cm³/mol. The standard InChI is InChI=1S/C36H28N2/c1-36(2)32-21-20-25-12-9-10-19-30(25)33(32)31-22-23-37-35(34(31)36)26-13-11-18-29(24-26)38(27-14-5-3-6-15-27)28-16-7-4-8-17-28/h3-24H,1-2H3. The molecule has 0 radical (unpaired) electrons. The van der Waals surface area contributed by atoms with Crippen molar-refractivity contribution in [3.05, 3.63) is 145 Å². The molecule has 1 aromatic heterocycles. The Labute approximate surface area is 223 Å². The van der Waals surface area contributed by atoms with E-state index in [1.54, 1.807) is 0 Å². The summed E-state index contributed by atoms with van der Waals surface area (Å²) in [5.74, 6) is 0. The van der Waals surface area contributed by atoms with Crippen LogP contribution in [-0.4, -0.2) is 4.98 Å². The smallest absolute Gasteiger partial charge is 0.0749 e. The summed E-state index contributed by atoms with van der Waals surface area (Å²) >= 11 is 0. The van der Waals surface area contributed by atoms with E-state index in [1.807, 2.05) is 6.20 Å². The fourth-order valence-corrected chi connectivity index (χ4v) is 6.13. The first-order valence-electron chi connectivity index (χ1n) is 13.2. The van der Waals surface area contributed by atoms with E-state index in [0.29, 0.717) is 0 Å². The Morgan fingerprint density at radius 1 is 0.605 bits per heavy atom. The van der Waals surface area contributed by atoms with Gasteiger partial charge in [-0.1, -0.05) is 98.8 Å². The van der Waals surface area contributed by atoms with E-state index in [1.165, 1.54) is 33.0 Å². The Balaban J connectivity index is 1.43. The van der Waals surface area contributed by atoms with Crippen molar-refractivity contribution in [2.75, 3.05) is 4.90 Å². The molecule has 5 aromatic carbocycles. The molecular weight excluding hydrogens is 460 g/mol. The fraction of sp³-hybridized carbons (Fsp3) is 0.0833. The minimum absolute atomic E-state index is 0.160. The number of benzene rings is 5. The van der Waals surface area contributed by atoms with Crippen molar-refractivity contribution in [1.82, 2.24) is 4.98 Å². The van der Waals surface area contributed by atoms with E-state index in [9.17, 15) is 0 Å². The highest BCUT2D eigenvalue weighted by molar-refractivity contribution is 6.03. The monoisotopic (exact) mass is 488 g/mol. The zero-order chi connectivity index (χ0) is 25.7. The third-order valence-corrected chi connectivity index (χ3v) is 7.85. The third kappa shape index (κ3) is 3.45. The van der Waals surface area contributed by atoms with E-state index >= 15 is 0 Å². The SMILES string of the molecule is CC1(C)c2ccc3ccccc3c2-c2ccnc(-c3cccc(N(c4ccccc4)c4ccccc4)c3)c21. The van der Waals surface area contributed by atoms with Crippen LogP contribution in [0.1, 0.15) is 25.0 Å². The summed E-state index contributed by atoms with van der Waals surface area (Å²) < 4.78 is 0.